The fourth-order valence-electron chi connectivity index (χ4n) is 5.08. The van der Waals surface area contributed by atoms with Crippen LogP contribution in [0.1, 0.15) is 99.6 Å². The van der Waals surface area contributed by atoms with E-state index in [0.29, 0.717) is 12.0 Å². The molecule has 1 saturated carbocycles. The van der Waals surface area contributed by atoms with Gasteiger partial charge in [0.2, 0.25) is 0 Å². The van der Waals surface area contributed by atoms with Crippen LogP contribution in [-0.2, 0) is 16.0 Å². The normalized spacial score (nSPS) is 19.4. The zero-order valence-electron chi connectivity index (χ0n) is 24.4. The van der Waals surface area contributed by atoms with Gasteiger partial charge in [-0.3, -0.25) is 10.3 Å². The molecule has 0 spiro atoms. The van der Waals surface area contributed by atoms with Gasteiger partial charge in [-0.15, -0.1) is 0 Å². The minimum atomic E-state index is -0.338. The maximum atomic E-state index is 6.34. The lowest BCUT2D eigenvalue weighted by Gasteiger charge is -2.45. The van der Waals surface area contributed by atoms with E-state index in [1.807, 2.05) is 0 Å². The molecule has 0 amide bonds. The Hall–Kier alpha value is -2.04. The van der Waals surface area contributed by atoms with Crippen LogP contribution in [0.3, 0.4) is 0 Å². The van der Waals surface area contributed by atoms with Crippen molar-refractivity contribution in [1.82, 2.24) is 0 Å². The molecule has 1 aliphatic rings. The second-order valence-corrected chi connectivity index (χ2v) is 13.7. The fourth-order valence-corrected chi connectivity index (χ4v) is 5.08. The van der Waals surface area contributed by atoms with Crippen LogP contribution < -0.4 is 10.8 Å². The minimum Gasteiger partial charge on any atom is -0.380 e. The molecule has 0 aliphatic heterocycles. The number of hydrogen-bond acceptors (Lipinski definition) is 4. The highest BCUT2D eigenvalue weighted by Crippen LogP contribution is 2.48. The first kappa shape index (κ1) is 28.5. The third kappa shape index (κ3) is 7.98. The quantitative estimate of drug-likeness (QED) is 0.342. The third-order valence-corrected chi connectivity index (χ3v) is 7.74. The largest absolute Gasteiger partial charge is 0.380 e. The topological polar surface area (TPSA) is 42.5 Å². The molecule has 0 bridgehead atoms. The number of anilines is 2. The van der Waals surface area contributed by atoms with Crippen molar-refractivity contribution in [3.05, 3.63) is 59.7 Å². The average molecular weight is 495 g/mol. The summed E-state index contributed by atoms with van der Waals surface area (Å²) in [5.41, 5.74) is 7.62. The third-order valence-electron chi connectivity index (χ3n) is 7.74. The molecule has 200 valence electrons. The first-order chi connectivity index (χ1) is 16.5. The maximum Gasteiger partial charge on any atom is 0.0957 e. The summed E-state index contributed by atoms with van der Waals surface area (Å²) in [6, 6.07) is 17.3. The smallest absolute Gasteiger partial charge is 0.0957 e. The molecule has 2 aromatic rings. The highest BCUT2D eigenvalue weighted by molar-refractivity contribution is 5.48. The lowest BCUT2D eigenvalue weighted by atomic mass is 9.67. The average Bonchev–Trinajstić information content (AvgIpc) is 3.21. The van der Waals surface area contributed by atoms with Gasteiger partial charge >= 0.3 is 0 Å². The van der Waals surface area contributed by atoms with E-state index in [-0.39, 0.29) is 22.2 Å². The van der Waals surface area contributed by atoms with Gasteiger partial charge < -0.3 is 10.1 Å². The molecule has 0 heterocycles. The second kappa shape index (κ2) is 10.8. The lowest BCUT2D eigenvalue weighted by molar-refractivity contribution is -0.105. The van der Waals surface area contributed by atoms with E-state index in [9.17, 15) is 0 Å². The van der Waals surface area contributed by atoms with Crippen molar-refractivity contribution >= 4 is 11.4 Å². The molecule has 2 N–H and O–H groups in total. The van der Waals surface area contributed by atoms with Crippen LogP contribution in [-0.4, -0.2) is 22.8 Å². The maximum absolute atomic E-state index is 6.34. The zero-order chi connectivity index (χ0) is 26.8. The summed E-state index contributed by atoms with van der Waals surface area (Å²) in [6.07, 6.45) is 4.67. The summed E-state index contributed by atoms with van der Waals surface area (Å²) in [5, 5.41) is 3.52. The molecule has 2 unspecified atom stereocenters. The second-order valence-electron chi connectivity index (χ2n) is 13.7. The minimum absolute atomic E-state index is 0.00391. The van der Waals surface area contributed by atoms with E-state index < -0.39 is 0 Å². The predicted octanol–water partition coefficient (Wildman–Crippen LogP) is 8.62. The first-order valence-electron chi connectivity index (χ1n) is 13.6. The van der Waals surface area contributed by atoms with Crippen molar-refractivity contribution in [1.29, 1.82) is 0 Å². The molecule has 1 fully saturated rings. The number of benzene rings is 2. The van der Waals surface area contributed by atoms with Gasteiger partial charge in [-0.25, -0.2) is 0 Å². The van der Waals surface area contributed by atoms with Gasteiger partial charge in [-0.1, -0.05) is 38.1 Å². The van der Waals surface area contributed by atoms with E-state index in [1.54, 1.807) is 0 Å². The number of nitrogens with one attached hydrogen (secondary N) is 2. The van der Waals surface area contributed by atoms with Crippen LogP contribution >= 0.6 is 0 Å². The number of rotatable bonds is 9. The lowest BCUT2D eigenvalue weighted by Crippen LogP contribution is -2.47. The van der Waals surface area contributed by atoms with Crippen molar-refractivity contribution in [2.75, 3.05) is 10.8 Å². The Morgan fingerprint density at radius 2 is 1.25 bits per heavy atom. The highest BCUT2D eigenvalue weighted by Gasteiger charge is 2.47. The van der Waals surface area contributed by atoms with E-state index in [4.69, 9.17) is 9.57 Å². The standard InChI is InChI=1S/C32H50N2O2/c1-29(2,3)33-26-16-11-23(12-17-26)21-24-13-18-27(19-14-24)34-36-32(9,10)31(7,8)25-15-20-28(22-25)35-30(4,5)6/h11-14,16-19,25,28,33-34H,15,20-22H2,1-10H3. The van der Waals surface area contributed by atoms with Crippen molar-refractivity contribution in [2.24, 2.45) is 11.3 Å². The van der Waals surface area contributed by atoms with Crippen LogP contribution in [0.25, 0.3) is 0 Å². The molecule has 4 heteroatoms. The highest BCUT2D eigenvalue weighted by atomic mass is 16.7. The molecule has 36 heavy (non-hydrogen) atoms. The molecular weight excluding hydrogens is 444 g/mol. The Morgan fingerprint density at radius 3 is 1.75 bits per heavy atom. The van der Waals surface area contributed by atoms with Crippen molar-refractivity contribution in [3.8, 4) is 0 Å². The molecular formula is C32H50N2O2. The monoisotopic (exact) mass is 494 g/mol. The van der Waals surface area contributed by atoms with Crippen molar-refractivity contribution < 1.29 is 9.57 Å². The molecule has 0 aromatic heterocycles. The van der Waals surface area contributed by atoms with E-state index >= 15 is 0 Å². The molecule has 0 radical (unpaired) electrons. The Bertz CT molecular complexity index is 963. The van der Waals surface area contributed by atoms with Crippen LogP contribution in [0.5, 0.6) is 0 Å². The molecule has 0 saturated heterocycles. The van der Waals surface area contributed by atoms with Crippen LogP contribution in [0, 0.1) is 11.3 Å². The molecule has 2 aromatic carbocycles. The summed E-state index contributed by atoms with van der Waals surface area (Å²) in [6.45, 7) is 22.0. The summed E-state index contributed by atoms with van der Waals surface area (Å²) < 4.78 is 6.29. The van der Waals surface area contributed by atoms with Gasteiger partial charge in [0, 0.05) is 11.2 Å². The van der Waals surface area contributed by atoms with Crippen molar-refractivity contribution in [3.63, 3.8) is 0 Å². The van der Waals surface area contributed by atoms with Gasteiger partial charge in [-0.05, 0) is 128 Å². The Morgan fingerprint density at radius 1 is 0.722 bits per heavy atom. The summed E-state index contributed by atoms with van der Waals surface area (Å²) in [4.78, 5) is 6.34. The molecule has 4 nitrogen and oxygen atoms in total. The van der Waals surface area contributed by atoms with Gasteiger partial charge in [0.1, 0.15) is 0 Å². The summed E-state index contributed by atoms with van der Waals surface area (Å²) in [7, 11) is 0. The number of hydrogen-bond donors (Lipinski definition) is 2. The predicted molar refractivity (Wildman–Crippen MR) is 154 cm³/mol. The van der Waals surface area contributed by atoms with E-state index in [0.717, 1.165) is 30.6 Å². The number of ether oxygens (including phenoxy) is 1. The van der Waals surface area contributed by atoms with E-state index in [1.165, 1.54) is 17.5 Å². The van der Waals surface area contributed by atoms with Gasteiger partial charge in [0.05, 0.1) is 23.0 Å². The Balaban J connectivity index is 1.54. The fraction of sp³-hybridized carbons (Fsp3) is 0.625. The van der Waals surface area contributed by atoms with Gasteiger partial charge in [0.15, 0.2) is 0 Å². The van der Waals surface area contributed by atoms with Gasteiger partial charge in [-0.2, -0.15) is 0 Å². The Labute approximate surface area is 220 Å². The Kier molecular flexibility index (Phi) is 8.52. The van der Waals surface area contributed by atoms with Crippen LogP contribution in [0.2, 0.25) is 0 Å². The zero-order valence-corrected chi connectivity index (χ0v) is 24.4. The summed E-state index contributed by atoms with van der Waals surface area (Å²) >= 11 is 0. The molecule has 3 rings (SSSR count). The first-order valence-corrected chi connectivity index (χ1v) is 13.6. The molecule has 2 atom stereocenters. The SMILES string of the molecule is CC(C)(C)Nc1ccc(Cc2ccc(NOC(C)(C)C(C)(C)C3CCC(OC(C)(C)C)C3)cc2)cc1. The van der Waals surface area contributed by atoms with Gasteiger partial charge in [0.25, 0.3) is 0 Å². The molecule has 1 aliphatic carbocycles. The van der Waals surface area contributed by atoms with E-state index in [2.05, 4.69) is 129 Å². The van der Waals surface area contributed by atoms with Crippen LogP contribution in [0.15, 0.2) is 48.5 Å². The van der Waals surface area contributed by atoms with Crippen molar-refractivity contribution in [2.45, 2.75) is 118 Å². The van der Waals surface area contributed by atoms with Crippen LogP contribution in [0.4, 0.5) is 11.4 Å². The summed E-state index contributed by atoms with van der Waals surface area (Å²) in [5.74, 6) is 0.564.